The summed E-state index contributed by atoms with van der Waals surface area (Å²) in [7, 11) is 1.46. The molecule has 0 aromatic heterocycles. The van der Waals surface area contributed by atoms with Gasteiger partial charge in [-0.3, -0.25) is 0 Å². The van der Waals surface area contributed by atoms with Crippen LogP contribution < -0.4 is 9.47 Å². The number of methoxy groups -OCH3 is 1. The van der Waals surface area contributed by atoms with Crippen molar-refractivity contribution in [3.05, 3.63) is 64.1 Å². The van der Waals surface area contributed by atoms with Crippen molar-refractivity contribution in [2.45, 2.75) is 0 Å². The van der Waals surface area contributed by atoms with Crippen molar-refractivity contribution in [1.29, 1.82) is 0 Å². The molecule has 0 bridgehead atoms. The molecule has 0 spiro atoms. The maximum Gasteiger partial charge on any atom is 0.336 e. The normalized spacial score (nSPS) is 11.0. The number of hydrogen-bond donors (Lipinski definition) is 1. The SMILES string of the molecule is COc1cc(/C=N/O)ccc1OC(=O)/C=C/c1cccc(Br)c1. The van der Waals surface area contributed by atoms with Crippen LogP contribution in [0.25, 0.3) is 6.08 Å². The predicted molar refractivity (Wildman–Crippen MR) is 91.2 cm³/mol. The zero-order valence-electron chi connectivity index (χ0n) is 12.3. The minimum atomic E-state index is -0.521. The fourth-order valence-electron chi connectivity index (χ4n) is 1.83. The molecule has 0 heterocycles. The fourth-order valence-corrected chi connectivity index (χ4v) is 2.25. The topological polar surface area (TPSA) is 68.1 Å². The molecule has 23 heavy (non-hydrogen) atoms. The Kier molecular flexibility index (Phi) is 5.94. The first kappa shape index (κ1) is 16.8. The van der Waals surface area contributed by atoms with Crippen LogP contribution in [0.2, 0.25) is 0 Å². The monoisotopic (exact) mass is 375 g/mol. The van der Waals surface area contributed by atoms with Gasteiger partial charge in [0.2, 0.25) is 0 Å². The number of carbonyl (C=O) groups is 1. The Balaban J connectivity index is 2.10. The smallest absolute Gasteiger partial charge is 0.336 e. The summed E-state index contributed by atoms with van der Waals surface area (Å²) in [6.07, 6.45) is 4.25. The van der Waals surface area contributed by atoms with E-state index in [0.717, 1.165) is 10.0 Å². The van der Waals surface area contributed by atoms with Gasteiger partial charge in [-0.15, -0.1) is 0 Å². The quantitative estimate of drug-likeness (QED) is 0.215. The number of rotatable bonds is 5. The van der Waals surface area contributed by atoms with Gasteiger partial charge in [-0.2, -0.15) is 0 Å². The zero-order chi connectivity index (χ0) is 16.7. The molecule has 6 heteroatoms. The minimum Gasteiger partial charge on any atom is -0.493 e. The molecular weight excluding hydrogens is 362 g/mol. The summed E-state index contributed by atoms with van der Waals surface area (Å²) in [4.78, 5) is 11.9. The summed E-state index contributed by atoms with van der Waals surface area (Å²) >= 11 is 3.37. The molecule has 5 nitrogen and oxygen atoms in total. The second-order valence-electron chi connectivity index (χ2n) is 4.46. The van der Waals surface area contributed by atoms with Crippen LogP contribution in [0.15, 0.2) is 58.2 Å². The number of benzene rings is 2. The lowest BCUT2D eigenvalue weighted by Gasteiger charge is -2.08. The van der Waals surface area contributed by atoms with Gasteiger partial charge in [0.1, 0.15) is 0 Å². The van der Waals surface area contributed by atoms with E-state index in [1.165, 1.54) is 19.4 Å². The molecule has 0 atom stereocenters. The van der Waals surface area contributed by atoms with Gasteiger partial charge in [0.25, 0.3) is 0 Å². The second-order valence-corrected chi connectivity index (χ2v) is 5.38. The number of halogens is 1. The van der Waals surface area contributed by atoms with Gasteiger partial charge in [-0.25, -0.2) is 4.79 Å². The number of ether oxygens (including phenoxy) is 2. The van der Waals surface area contributed by atoms with E-state index in [4.69, 9.17) is 14.7 Å². The van der Waals surface area contributed by atoms with E-state index in [1.807, 2.05) is 24.3 Å². The Bertz CT molecular complexity index is 756. The van der Waals surface area contributed by atoms with E-state index in [-0.39, 0.29) is 5.75 Å². The van der Waals surface area contributed by atoms with Crippen molar-refractivity contribution >= 4 is 34.2 Å². The van der Waals surface area contributed by atoms with E-state index < -0.39 is 5.97 Å². The third-order valence-electron chi connectivity index (χ3n) is 2.87. The van der Waals surface area contributed by atoms with Crippen LogP contribution in [-0.2, 0) is 4.79 Å². The van der Waals surface area contributed by atoms with Crippen molar-refractivity contribution in [3.63, 3.8) is 0 Å². The number of nitrogens with zero attached hydrogens (tertiary/aromatic N) is 1. The van der Waals surface area contributed by atoms with Crippen LogP contribution in [0.5, 0.6) is 11.5 Å². The number of carbonyl (C=O) groups excluding carboxylic acids is 1. The predicted octanol–water partition coefficient (Wildman–Crippen LogP) is 3.88. The zero-order valence-corrected chi connectivity index (χ0v) is 13.9. The van der Waals surface area contributed by atoms with Gasteiger partial charge < -0.3 is 14.7 Å². The summed E-state index contributed by atoms with van der Waals surface area (Å²) in [6, 6.07) is 12.3. The van der Waals surface area contributed by atoms with Crippen molar-refractivity contribution in [2.75, 3.05) is 7.11 Å². The number of oxime groups is 1. The molecular formula is C17H14BrNO4. The summed E-state index contributed by atoms with van der Waals surface area (Å²) in [5, 5.41) is 11.5. The third-order valence-corrected chi connectivity index (χ3v) is 3.36. The highest BCUT2D eigenvalue weighted by molar-refractivity contribution is 9.10. The lowest BCUT2D eigenvalue weighted by Crippen LogP contribution is -2.05. The van der Waals surface area contributed by atoms with Crippen molar-refractivity contribution < 1.29 is 19.5 Å². The molecule has 0 radical (unpaired) electrons. The van der Waals surface area contributed by atoms with E-state index in [0.29, 0.717) is 11.3 Å². The molecule has 0 unspecified atom stereocenters. The first-order valence-electron chi connectivity index (χ1n) is 6.63. The molecule has 0 saturated carbocycles. The summed E-state index contributed by atoms with van der Waals surface area (Å²) in [5.41, 5.74) is 1.49. The number of hydrogen-bond acceptors (Lipinski definition) is 5. The molecule has 0 fully saturated rings. The highest BCUT2D eigenvalue weighted by Gasteiger charge is 2.08. The van der Waals surface area contributed by atoms with Gasteiger partial charge in [0.05, 0.1) is 13.3 Å². The standard InChI is InChI=1S/C17H14BrNO4/c1-22-16-10-13(11-19-21)5-7-15(16)23-17(20)8-6-12-3-2-4-14(18)9-12/h2-11,21H,1H3/b8-6+,19-11+. The van der Waals surface area contributed by atoms with E-state index >= 15 is 0 Å². The average molecular weight is 376 g/mol. The first-order chi connectivity index (χ1) is 11.1. The molecule has 2 rings (SSSR count). The lowest BCUT2D eigenvalue weighted by atomic mass is 10.2. The Labute approximate surface area is 142 Å². The second kappa shape index (κ2) is 8.14. The fraction of sp³-hybridized carbons (Fsp3) is 0.0588. The van der Waals surface area contributed by atoms with E-state index in [1.54, 1.807) is 24.3 Å². The van der Waals surface area contributed by atoms with Crippen molar-refractivity contribution in [3.8, 4) is 11.5 Å². The van der Waals surface area contributed by atoms with Gasteiger partial charge in [-0.1, -0.05) is 33.2 Å². The Morgan fingerprint density at radius 3 is 2.70 bits per heavy atom. The molecule has 118 valence electrons. The molecule has 1 N–H and O–H groups in total. The molecule has 0 saturated heterocycles. The Hall–Kier alpha value is -2.60. The van der Waals surface area contributed by atoms with Gasteiger partial charge in [0.15, 0.2) is 11.5 Å². The van der Waals surface area contributed by atoms with Crippen LogP contribution >= 0.6 is 15.9 Å². The van der Waals surface area contributed by atoms with E-state index in [2.05, 4.69) is 21.1 Å². The van der Waals surface area contributed by atoms with Gasteiger partial charge >= 0.3 is 5.97 Å². The van der Waals surface area contributed by atoms with Crippen LogP contribution in [0.1, 0.15) is 11.1 Å². The molecule has 0 aliphatic carbocycles. The molecule has 2 aromatic carbocycles. The van der Waals surface area contributed by atoms with E-state index in [9.17, 15) is 4.79 Å². The molecule has 0 amide bonds. The van der Waals surface area contributed by atoms with Crippen LogP contribution in [0.4, 0.5) is 0 Å². The van der Waals surface area contributed by atoms with Crippen molar-refractivity contribution in [2.24, 2.45) is 5.16 Å². The molecule has 0 aliphatic heterocycles. The van der Waals surface area contributed by atoms with Crippen LogP contribution in [0.3, 0.4) is 0 Å². The summed E-state index contributed by atoms with van der Waals surface area (Å²) < 4.78 is 11.3. The molecule has 2 aromatic rings. The van der Waals surface area contributed by atoms with Gasteiger partial charge in [0, 0.05) is 16.1 Å². The first-order valence-corrected chi connectivity index (χ1v) is 7.42. The summed E-state index contributed by atoms with van der Waals surface area (Å²) in [5.74, 6) is 0.130. The highest BCUT2D eigenvalue weighted by Crippen LogP contribution is 2.27. The maximum absolute atomic E-state index is 11.9. The minimum absolute atomic E-state index is 0.284. The highest BCUT2D eigenvalue weighted by atomic mass is 79.9. The Morgan fingerprint density at radius 1 is 1.17 bits per heavy atom. The Morgan fingerprint density at radius 2 is 2.00 bits per heavy atom. The summed E-state index contributed by atoms with van der Waals surface area (Å²) in [6.45, 7) is 0. The van der Waals surface area contributed by atoms with Gasteiger partial charge in [-0.05, 0) is 42.0 Å². The largest absolute Gasteiger partial charge is 0.493 e. The van der Waals surface area contributed by atoms with Crippen LogP contribution in [0, 0.1) is 0 Å². The average Bonchev–Trinajstić information content (AvgIpc) is 2.54. The third kappa shape index (κ3) is 4.96. The van der Waals surface area contributed by atoms with Crippen LogP contribution in [-0.4, -0.2) is 24.5 Å². The lowest BCUT2D eigenvalue weighted by molar-refractivity contribution is -0.129. The van der Waals surface area contributed by atoms with Crippen molar-refractivity contribution in [1.82, 2.24) is 0 Å². The molecule has 0 aliphatic rings. The number of esters is 1. The maximum atomic E-state index is 11.9.